The average molecular weight is 377 g/mol. The largest absolute Gasteiger partial charge is 0.507 e. The molecular weight excluding hydrogens is 348 g/mol. The van der Waals surface area contributed by atoms with Crippen molar-refractivity contribution in [2.75, 3.05) is 5.32 Å². The Morgan fingerprint density at radius 2 is 1.64 bits per heavy atom. The van der Waals surface area contributed by atoms with Gasteiger partial charge in [-0.15, -0.1) is 0 Å². The van der Waals surface area contributed by atoms with E-state index in [4.69, 9.17) is 0 Å². The van der Waals surface area contributed by atoms with E-state index in [2.05, 4.69) is 5.32 Å². The van der Waals surface area contributed by atoms with E-state index in [0.717, 1.165) is 27.8 Å². The van der Waals surface area contributed by atoms with Gasteiger partial charge in [-0.3, -0.25) is 4.79 Å². The number of benzene rings is 2. The van der Waals surface area contributed by atoms with Crippen LogP contribution in [0.1, 0.15) is 67.3 Å². The van der Waals surface area contributed by atoms with Crippen LogP contribution in [-0.2, 0) is 4.79 Å². The first-order chi connectivity index (χ1) is 13.1. The molecule has 0 atom stereocenters. The van der Waals surface area contributed by atoms with E-state index in [1.165, 1.54) is 0 Å². The zero-order valence-electron chi connectivity index (χ0n) is 17.4. The quantitative estimate of drug-likeness (QED) is 0.511. The molecule has 0 heterocycles. The Bertz CT molecular complexity index is 934. The Morgan fingerprint density at radius 1 is 1.07 bits per heavy atom. The summed E-state index contributed by atoms with van der Waals surface area (Å²) in [5.74, 6) is 0.0993. The molecule has 1 amide bonds. The molecule has 2 aromatic carbocycles. The van der Waals surface area contributed by atoms with Gasteiger partial charge in [0.2, 0.25) is 0 Å². The molecule has 0 saturated heterocycles. The molecule has 4 heteroatoms. The molecule has 0 saturated carbocycles. The molecule has 0 aromatic heterocycles. The molecule has 0 fully saturated rings. The molecular formula is C24H28N2O2. The first-order valence-corrected chi connectivity index (χ1v) is 9.51. The maximum Gasteiger partial charge on any atom is 0.266 e. The molecule has 28 heavy (non-hydrogen) atoms. The topological polar surface area (TPSA) is 73.1 Å². The molecule has 0 aliphatic heterocycles. The number of carbonyl (C=O) groups is 1. The number of amides is 1. The third-order valence-corrected chi connectivity index (χ3v) is 4.75. The molecule has 0 radical (unpaired) electrons. The Morgan fingerprint density at radius 3 is 2.14 bits per heavy atom. The van der Waals surface area contributed by atoms with Crippen LogP contribution in [0, 0.1) is 25.2 Å². The van der Waals surface area contributed by atoms with Crippen molar-refractivity contribution in [3.63, 3.8) is 0 Å². The molecule has 0 unspecified atom stereocenters. The van der Waals surface area contributed by atoms with Crippen molar-refractivity contribution >= 4 is 17.7 Å². The summed E-state index contributed by atoms with van der Waals surface area (Å²) in [6.07, 6.45) is 1.58. The summed E-state index contributed by atoms with van der Waals surface area (Å²) < 4.78 is 0. The predicted molar refractivity (Wildman–Crippen MR) is 114 cm³/mol. The molecule has 146 valence electrons. The highest BCUT2D eigenvalue weighted by atomic mass is 16.3. The van der Waals surface area contributed by atoms with Crippen molar-refractivity contribution in [3.8, 4) is 11.8 Å². The number of phenols is 1. The van der Waals surface area contributed by atoms with E-state index in [9.17, 15) is 15.2 Å². The Kier molecular flexibility index (Phi) is 6.64. The normalized spacial score (nSPS) is 11.6. The Hall–Kier alpha value is -3.06. The van der Waals surface area contributed by atoms with Crippen LogP contribution in [0.15, 0.2) is 35.9 Å². The lowest BCUT2D eigenvalue weighted by Gasteiger charge is -2.16. The molecule has 0 aliphatic carbocycles. The molecule has 2 N–H and O–H groups in total. The van der Waals surface area contributed by atoms with Crippen LogP contribution in [0.3, 0.4) is 0 Å². The monoisotopic (exact) mass is 376 g/mol. The number of hydrogen-bond donors (Lipinski definition) is 2. The van der Waals surface area contributed by atoms with Crippen molar-refractivity contribution < 1.29 is 9.90 Å². The minimum Gasteiger partial charge on any atom is -0.507 e. The molecule has 0 aliphatic rings. The molecule has 0 bridgehead atoms. The van der Waals surface area contributed by atoms with E-state index in [-0.39, 0.29) is 17.4 Å². The lowest BCUT2D eigenvalue weighted by atomic mass is 9.91. The van der Waals surface area contributed by atoms with E-state index >= 15 is 0 Å². The molecule has 2 aromatic rings. The molecule has 4 nitrogen and oxygen atoms in total. The van der Waals surface area contributed by atoms with Crippen LogP contribution in [0.25, 0.3) is 6.08 Å². The minimum absolute atomic E-state index is 0.0241. The van der Waals surface area contributed by atoms with Crippen molar-refractivity contribution in [2.45, 2.75) is 53.4 Å². The third-order valence-electron chi connectivity index (χ3n) is 4.75. The fourth-order valence-corrected chi connectivity index (χ4v) is 3.04. The van der Waals surface area contributed by atoms with Gasteiger partial charge in [-0.1, -0.05) is 39.8 Å². The van der Waals surface area contributed by atoms with Crippen LogP contribution >= 0.6 is 0 Å². The van der Waals surface area contributed by atoms with Gasteiger partial charge in [0.1, 0.15) is 17.4 Å². The standard InChI is InChI=1S/C24H28N2O2/c1-14(2)20-11-18(12-21(15(3)4)23(20)27)10-19(13-25)24(28)26-22-9-16(5)7-8-17(22)6/h7-12,14-15,27H,1-6H3,(H,26,28)/b19-10+. The lowest BCUT2D eigenvalue weighted by Crippen LogP contribution is -2.14. The number of rotatable bonds is 5. The summed E-state index contributed by atoms with van der Waals surface area (Å²) in [5, 5.41) is 22.9. The van der Waals surface area contributed by atoms with Gasteiger partial charge >= 0.3 is 0 Å². The van der Waals surface area contributed by atoms with Gasteiger partial charge in [-0.25, -0.2) is 0 Å². The Labute approximate surface area is 167 Å². The summed E-state index contributed by atoms with van der Waals surface area (Å²) >= 11 is 0. The van der Waals surface area contributed by atoms with Crippen LogP contribution in [0.2, 0.25) is 0 Å². The SMILES string of the molecule is Cc1ccc(C)c(NC(=O)/C(C#N)=C/c2cc(C(C)C)c(O)c(C(C)C)c2)c1. The number of aryl methyl sites for hydroxylation is 2. The predicted octanol–water partition coefficient (Wildman–Crippen LogP) is 5.80. The fourth-order valence-electron chi connectivity index (χ4n) is 3.04. The van der Waals surface area contributed by atoms with E-state index in [1.807, 2.05) is 77.9 Å². The van der Waals surface area contributed by atoms with Crippen LogP contribution in [-0.4, -0.2) is 11.0 Å². The van der Waals surface area contributed by atoms with Crippen molar-refractivity contribution in [1.29, 1.82) is 5.26 Å². The number of anilines is 1. The first kappa shape index (κ1) is 21.2. The van der Waals surface area contributed by atoms with Gasteiger partial charge in [-0.2, -0.15) is 5.26 Å². The number of nitrogens with one attached hydrogen (secondary N) is 1. The average Bonchev–Trinajstić information content (AvgIpc) is 2.63. The second-order valence-corrected chi connectivity index (χ2v) is 7.80. The summed E-state index contributed by atoms with van der Waals surface area (Å²) in [6, 6.07) is 11.5. The minimum atomic E-state index is -0.443. The highest BCUT2D eigenvalue weighted by Crippen LogP contribution is 2.35. The summed E-state index contributed by atoms with van der Waals surface area (Å²) in [5.41, 5.74) is 5.04. The number of nitriles is 1. The zero-order valence-corrected chi connectivity index (χ0v) is 17.4. The van der Waals surface area contributed by atoms with Crippen molar-refractivity contribution in [3.05, 3.63) is 63.7 Å². The van der Waals surface area contributed by atoms with Gasteiger partial charge in [0.05, 0.1) is 0 Å². The van der Waals surface area contributed by atoms with Crippen molar-refractivity contribution in [2.24, 2.45) is 0 Å². The third kappa shape index (κ3) is 4.80. The Balaban J connectivity index is 2.44. The number of nitrogens with zero attached hydrogens (tertiary/aromatic N) is 1. The van der Waals surface area contributed by atoms with Gasteiger partial charge in [0, 0.05) is 5.69 Å². The van der Waals surface area contributed by atoms with E-state index in [0.29, 0.717) is 11.4 Å². The van der Waals surface area contributed by atoms with E-state index < -0.39 is 5.91 Å². The molecule has 0 spiro atoms. The number of phenolic OH excluding ortho intramolecular Hbond substituents is 1. The second-order valence-electron chi connectivity index (χ2n) is 7.80. The lowest BCUT2D eigenvalue weighted by molar-refractivity contribution is -0.112. The van der Waals surface area contributed by atoms with Crippen LogP contribution < -0.4 is 5.32 Å². The second kappa shape index (κ2) is 8.75. The van der Waals surface area contributed by atoms with Crippen LogP contribution in [0.5, 0.6) is 5.75 Å². The molecule has 2 rings (SSSR count). The highest BCUT2D eigenvalue weighted by molar-refractivity contribution is 6.10. The summed E-state index contributed by atoms with van der Waals surface area (Å²) in [6.45, 7) is 11.9. The number of aromatic hydroxyl groups is 1. The smallest absolute Gasteiger partial charge is 0.266 e. The summed E-state index contributed by atoms with van der Waals surface area (Å²) in [4.78, 5) is 12.7. The fraction of sp³-hybridized carbons (Fsp3) is 0.333. The number of hydrogen-bond acceptors (Lipinski definition) is 3. The highest BCUT2D eigenvalue weighted by Gasteiger charge is 2.16. The van der Waals surface area contributed by atoms with Gasteiger partial charge < -0.3 is 10.4 Å². The maximum absolute atomic E-state index is 12.7. The van der Waals surface area contributed by atoms with Gasteiger partial charge in [0.15, 0.2) is 0 Å². The first-order valence-electron chi connectivity index (χ1n) is 9.51. The van der Waals surface area contributed by atoms with Gasteiger partial charge in [0.25, 0.3) is 5.91 Å². The summed E-state index contributed by atoms with van der Waals surface area (Å²) in [7, 11) is 0. The van der Waals surface area contributed by atoms with Crippen molar-refractivity contribution in [1.82, 2.24) is 0 Å². The van der Waals surface area contributed by atoms with E-state index in [1.54, 1.807) is 6.08 Å². The maximum atomic E-state index is 12.7. The van der Waals surface area contributed by atoms with Crippen LogP contribution in [0.4, 0.5) is 5.69 Å². The zero-order chi connectivity index (χ0) is 21.0. The van der Waals surface area contributed by atoms with Gasteiger partial charge in [-0.05, 0) is 77.8 Å². The number of carbonyl (C=O) groups excluding carboxylic acids is 1.